The third-order valence-corrected chi connectivity index (χ3v) is 7.39. The van der Waals surface area contributed by atoms with Gasteiger partial charge in [-0.1, -0.05) is 13.0 Å². The molecule has 5 atom stereocenters. The molecule has 0 aromatic heterocycles. The van der Waals surface area contributed by atoms with Crippen LogP contribution in [-0.4, -0.2) is 11.2 Å². The molecular weight excluding hydrogens is 327 g/mol. The minimum Gasteiger partial charge on any atom is -0.790 e. The molecular formula is C18H23O5P-2. The molecule has 3 aliphatic rings. The van der Waals surface area contributed by atoms with Gasteiger partial charge >= 0.3 is 0 Å². The summed E-state index contributed by atoms with van der Waals surface area (Å²) in [5.41, 5.74) is 2.36. The van der Waals surface area contributed by atoms with Crippen molar-refractivity contribution >= 4 is 7.82 Å². The van der Waals surface area contributed by atoms with E-state index in [2.05, 4.69) is 13.0 Å². The Morgan fingerprint density at radius 3 is 2.79 bits per heavy atom. The maximum Gasteiger partial charge on any atom is 0.115 e. The summed E-state index contributed by atoms with van der Waals surface area (Å²) in [7, 11) is -4.94. The molecule has 0 bridgehead atoms. The number of aryl methyl sites for hydroxylation is 1. The lowest BCUT2D eigenvalue weighted by atomic mass is 9.55. The van der Waals surface area contributed by atoms with Crippen LogP contribution in [0.1, 0.15) is 56.1 Å². The summed E-state index contributed by atoms with van der Waals surface area (Å²) in [5.74, 6) is 1.70. The zero-order valence-electron chi connectivity index (χ0n) is 13.8. The first-order valence-electron chi connectivity index (χ1n) is 8.80. The van der Waals surface area contributed by atoms with Crippen molar-refractivity contribution < 1.29 is 24.0 Å². The molecule has 2 fully saturated rings. The molecule has 4 rings (SSSR count). The van der Waals surface area contributed by atoms with Gasteiger partial charge in [-0.05, 0) is 85.0 Å². The number of phenols is 1. The molecule has 0 saturated heterocycles. The van der Waals surface area contributed by atoms with Crippen LogP contribution in [0.15, 0.2) is 18.2 Å². The molecule has 1 aromatic rings. The van der Waals surface area contributed by atoms with E-state index in [1.54, 1.807) is 6.07 Å². The van der Waals surface area contributed by atoms with Crippen molar-refractivity contribution in [1.29, 1.82) is 0 Å². The molecule has 0 aliphatic heterocycles. The van der Waals surface area contributed by atoms with Crippen LogP contribution in [0.3, 0.4) is 0 Å². The van der Waals surface area contributed by atoms with Crippen LogP contribution >= 0.6 is 7.82 Å². The summed E-state index contributed by atoms with van der Waals surface area (Å²) in [6.45, 7) is 2.10. The van der Waals surface area contributed by atoms with Gasteiger partial charge in [0.2, 0.25) is 0 Å². The Kier molecular flexibility index (Phi) is 3.85. The highest BCUT2D eigenvalue weighted by Crippen LogP contribution is 2.62. The average Bonchev–Trinajstić information content (AvgIpc) is 2.82. The van der Waals surface area contributed by atoms with Crippen molar-refractivity contribution in [3.05, 3.63) is 29.3 Å². The van der Waals surface area contributed by atoms with E-state index in [-0.39, 0.29) is 5.41 Å². The van der Waals surface area contributed by atoms with Crippen molar-refractivity contribution in [2.75, 3.05) is 0 Å². The topological polar surface area (TPSA) is 92.7 Å². The number of aromatic hydroxyl groups is 1. The minimum absolute atomic E-state index is 0.222. The summed E-state index contributed by atoms with van der Waals surface area (Å²) in [5, 5.41) is 9.72. The van der Waals surface area contributed by atoms with E-state index in [0.29, 0.717) is 29.9 Å². The largest absolute Gasteiger partial charge is 0.790 e. The molecule has 1 N–H and O–H groups in total. The highest BCUT2D eigenvalue weighted by atomic mass is 31.2. The summed E-state index contributed by atoms with van der Waals surface area (Å²) < 4.78 is 16.1. The zero-order valence-corrected chi connectivity index (χ0v) is 14.7. The fourth-order valence-corrected chi connectivity index (χ4v) is 6.51. The Hall–Kier alpha value is -0.870. The van der Waals surface area contributed by atoms with E-state index in [9.17, 15) is 19.5 Å². The SMILES string of the molecule is C[C@]12CC[C@@H]3c4ccc(O)cc4CC[C@H]3[C@@H]1CC[C@@H]2OP(=O)([O-])[O-]. The Morgan fingerprint density at radius 2 is 2.04 bits per heavy atom. The molecule has 132 valence electrons. The monoisotopic (exact) mass is 350 g/mol. The first-order valence-corrected chi connectivity index (χ1v) is 10.3. The van der Waals surface area contributed by atoms with Gasteiger partial charge in [-0.15, -0.1) is 0 Å². The second-order valence-electron chi connectivity index (χ2n) is 7.96. The minimum atomic E-state index is -4.94. The van der Waals surface area contributed by atoms with E-state index in [1.165, 1.54) is 11.1 Å². The van der Waals surface area contributed by atoms with Gasteiger partial charge in [0, 0.05) is 0 Å². The van der Waals surface area contributed by atoms with E-state index < -0.39 is 13.9 Å². The molecule has 0 spiro atoms. The molecule has 0 amide bonds. The fourth-order valence-electron chi connectivity index (χ4n) is 5.85. The summed E-state index contributed by atoms with van der Waals surface area (Å²) in [4.78, 5) is 22.2. The van der Waals surface area contributed by atoms with Crippen LogP contribution < -0.4 is 9.79 Å². The molecule has 1 aromatic carbocycles. The Balaban J connectivity index is 1.62. The molecule has 3 aliphatic carbocycles. The van der Waals surface area contributed by atoms with E-state index in [4.69, 9.17) is 4.52 Å². The number of phosphoric ester groups is 1. The summed E-state index contributed by atoms with van der Waals surface area (Å²) in [6.07, 6.45) is 4.98. The maximum absolute atomic E-state index is 11.1. The highest BCUT2D eigenvalue weighted by molar-refractivity contribution is 7.43. The normalized spacial score (nSPS) is 38.3. The number of hydrogen-bond acceptors (Lipinski definition) is 5. The molecule has 0 radical (unpaired) electrons. The lowest BCUT2D eigenvalue weighted by Gasteiger charge is -2.51. The number of hydrogen-bond donors (Lipinski definition) is 1. The molecule has 5 nitrogen and oxygen atoms in total. The van der Waals surface area contributed by atoms with E-state index in [1.807, 2.05) is 6.07 Å². The van der Waals surface area contributed by atoms with Crippen LogP contribution in [0.2, 0.25) is 0 Å². The van der Waals surface area contributed by atoms with Crippen molar-refractivity contribution in [2.24, 2.45) is 17.3 Å². The first-order chi connectivity index (χ1) is 11.3. The van der Waals surface area contributed by atoms with Crippen LogP contribution in [0, 0.1) is 17.3 Å². The smallest absolute Gasteiger partial charge is 0.115 e. The van der Waals surface area contributed by atoms with Gasteiger partial charge in [0.25, 0.3) is 0 Å². The number of rotatable bonds is 2. The number of phosphoric acid groups is 1. The Labute approximate surface area is 142 Å². The predicted octanol–water partition coefficient (Wildman–Crippen LogP) is 2.46. The quantitative estimate of drug-likeness (QED) is 0.827. The first kappa shape index (κ1) is 16.6. The lowest BCUT2D eigenvalue weighted by Crippen LogP contribution is -2.45. The molecule has 24 heavy (non-hydrogen) atoms. The molecule has 0 heterocycles. The second kappa shape index (κ2) is 5.57. The van der Waals surface area contributed by atoms with Crippen molar-refractivity contribution in [3.63, 3.8) is 0 Å². The Morgan fingerprint density at radius 1 is 1.25 bits per heavy atom. The van der Waals surface area contributed by atoms with Gasteiger partial charge < -0.3 is 24.0 Å². The maximum atomic E-state index is 11.1. The highest BCUT2D eigenvalue weighted by Gasteiger charge is 2.55. The standard InChI is InChI=1S/C18H25O5P/c1-18-9-8-14-13-5-3-12(19)10-11(13)2-4-15(14)16(18)6-7-17(18)23-24(20,21)22/h3,5,10,14-17,19H,2,4,6-9H2,1H3,(H2,20,21,22)/p-2/t14-,15-,16+,17+,18+/m1/s1. The van der Waals surface area contributed by atoms with Gasteiger partial charge in [-0.3, -0.25) is 0 Å². The summed E-state index contributed by atoms with van der Waals surface area (Å²) >= 11 is 0. The third-order valence-electron chi connectivity index (χ3n) is 6.88. The van der Waals surface area contributed by atoms with Crippen molar-refractivity contribution in [1.82, 2.24) is 0 Å². The van der Waals surface area contributed by atoms with E-state index >= 15 is 0 Å². The number of fused-ring (bicyclic) bond motifs is 5. The zero-order chi connectivity index (χ0) is 17.1. The predicted molar refractivity (Wildman–Crippen MR) is 85.2 cm³/mol. The van der Waals surface area contributed by atoms with Crippen LogP contribution in [0.4, 0.5) is 0 Å². The molecule has 6 heteroatoms. The van der Waals surface area contributed by atoms with Gasteiger partial charge in [0.05, 0.1) is 13.9 Å². The third kappa shape index (κ3) is 2.62. The van der Waals surface area contributed by atoms with E-state index in [0.717, 1.165) is 32.1 Å². The average molecular weight is 350 g/mol. The van der Waals surface area contributed by atoms with Gasteiger partial charge in [-0.25, -0.2) is 0 Å². The molecule has 2 saturated carbocycles. The number of benzene rings is 1. The lowest BCUT2D eigenvalue weighted by molar-refractivity contribution is -0.347. The van der Waals surface area contributed by atoms with Crippen LogP contribution in [0.25, 0.3) is 0 Å². The van der Waals surface area contributed by atoms with Crippen molar-refractivity contribution in [2.45, 2.75) is 57.5 Å². The molecule has 0 unspecified atom stereocenters. The number of phenolic OH excluding ortho intramolecular Hbond substituents is 1. The van der Waals surface area contributed by atoms with Gasteiger partial charge in [0.15, 0.2) is 0 Å². The van der Waals surface area contributed by atoms with Crippen LogP contribution in [0.5, 0.6) is 5.75 Å². The summed E-state index contributed by atoms with van der Waals surface area (Å²) in [6, 6.07) is 5.70. The van der Waals surface area contributed by atoms with Gasteiger partial charge in [-0.2, -0.15) is 0 Å². The Bertz CT molecular complexity index is 699. The van der Waals surface area contributed by atoms with Crippen molar-refractivity contribution in [3.8, 4) is 5.75 Å². The second-order valence-corrected chi connectivity index (χ2v) is 9.07. The van der Waals surface area contributed by atoms with Crippen LogP contribution in [-0.2, 0) is 15.5 Å². The van der Waals surface area contributed by atoms with Gasteiger partial charge in [0.1, 0.15) is 5.75 Å². The fraction of sp³-hybridized carbons (Fsp3) is 0.667.